The lowest BCUT2D eigenvalue weighted by molar-refractivity contribution is -0.139. The lowest BCUT2D eigenvalue weighted by Crippen LogP contribution is -2.21. The maximum absolute atomic E-state index is 12.3. The SMILES string of the molecule is CC(C)(C)CC(C(=O)O)c1cc2c(cc1-c1ccc3c(c1)CCCO3)CCCO2. The van der Waals surface area contributed by atoms with Gasteiger partial charge in [-0.1, -0.05) is 26.8 Å². The summed E-state index contributed by atoms with van der Waals surface area (Å²) in [7, 11) is 0. The molecule has 29 heavy (non-hydrogen) atoms. The molecule has 2 aliphatic heterocycles. The maximum Gasteiger partial charge on any atom is 0.311 e. The van der Waals surface area contributed by atoms with Gasteiger partial charge in [-0.2, -0.15) is 0 Å². The van der Waals surface area contributed by atoms with Gasteiger partial charge in [0.1, 0.15) is 11.5 Å². The van der Waals surface area contributed by atoms with Crippen molar-refractivity contribution >= 4 is 5.97 Å². The lowest BCUT2D eigenvalue weighted by Gasteiger charge is -2.28. The molecule has 0 amide bonds. The van der Waals surface area contributed by atoms with E-state index in [1.54, 1.807) is 0 Å². The normalized spacial score (nSPS) is 16.8. The van der Waals surface area contributed by atoms with E-state index < -0.39 is 11.9 Å². The Morgan fingerprint density at radius 3 is 2.31 bits per heavy atom. The molecule has 2 aromatic rings. The van der Waals surface area contributed by atoms with E-state index in [4.69, 9.17) is 9.47 Å². The highest BCUT2D eigenvalue weighted by Crippen LogP contribution is 2.42. The van der Waals surface area contributed by atoms with Crippen molar-refractivity contribution in [3.8, 4) is 22.6 Å². The number of hydrogen-bond acceptors (Lipinski definition) is 3. The predicted octanol–water partition coefficient (Wildman–Crippen LogP) is 5.61. The van der Waals surface area contributed by atoms with E-state index in [2.05, 4.69) is 39.0 Å². The van der Waals surface area contributed by atoms with Crippen molar-refractivity contribution in [2.75, 3.05) is 13.2 Å². The molecule has 4 heteroatoms. The summed E-state index contributed by atoms with van der Waals surface area (Å²) in [4.78, 5) is 12.3. The van der Waals surface area contributed by atoms with Gasteiger partial charge in [0.2, 0.25) is 0 Å². The minimum absolute atomic E-state index is 0.0964. The van der Waals surface area contributed by atoms with Crippen LogP contribution >= 0.6 is 0 Å². The van der Waals surface area contributed by atoms with Crippen LogP contribution in [-0.2, 0) is 17.6 Å². The van der Waals surface area contributed by atoms with Crippen LogP contribution < -0.4 is 9.47 Å². The van der Waals surface area contributed by atoms with Gasteiger partial charge in [-0.15, -0.1) is 0 Å². The number of ether oxygens (including phenoxy) is 2. The Balaban J connectivity index is 1.86. The Morgan fingerprint density at radius 2 is 1.66 bits per heavy atom. The average Bonchev–Trinajstić information content (AvgIpc) is 2.70. The summed E-state index contributed by atoms with van der Waals surface area (Å²) in [6.07, 6.45) is 4.55. The molecule has 1 N–H and O–H groups in total. The zero-order chi connectivity index (χ0) is 20.6. The van der Waals surface area contributed by atoms with Crippen LogP contribution in [0, 0.1) is 5.41 Å². The van der Waals surface area contributed by atoms with Gasteiger partial charge in [0.05, 0.1) is 19.1 Å². The number of rotatable bonds is 4. The van der Waals surface area contributed by atoms with Crippen LogP contribution in [0.3, 0.4) is 0 Å². The summed E-state index contributed by atoms with van der Waals surface area (Å²) in [5, 5.41) is 10.1. The van der Waals surface area contributed by atoms with Gasteiger partial charge in [0.25, 0.3) is 0 Å². The Hall–Kier alpha value is -2.49. The molecule has 0 aliphatic carbocycles. The molecule has 1 atom stereocenters. The molecule has 1 unspecified atom stereocenters. The largest absolute Gasteiger partial charge is 0.493 e. The topological polar surface area (TPSA) is 55.8 Å². The van der Waals surface area contributed by atoms with E-state index in [0.29, 0.717) is 13.0 Å². The van der Waals surface area contributed by atoms with Crippen LogP contribution in [0.2, 0.25) is 0 Å². The Labute approximate surface area is 172 Å². The molecule has 4 nitrogen and oxygen atoms in total. The third-order valence-electron chi connectivity index (χ3n) is 5.79. The Morgan fingerprint density at radius 1 is 1.00 bits per heavy atom. The van der Waals surface area contributed by atoms with Crippen molar-refractivity contribution in [2.45, 2.75) is 58.8 Å². The molecule has 2 heterocycles. The molecule has 0 bridgehead atoms. The van der Waals surface area contributed by atoms with Crippen molar-refractivity contribution < 1.29 is 19.4 Å². The molecule has 154 valence electrons. The number of carbonyl (C=O) groups is 1. The summed E-state index contributed by atoms with van der Waals surface area (Å²) in [6.45, 7) is 7.73. The third kappa shape index (κ3) is 4.26. The van der Waals surface area contributed by atoms with Gasteiger partial charge < -0.3 is 14.6 Å². The number of carboxylic acid groups (broad SMARTS) is 1. The fourth-order valence-corrected chi connectivity index (χ4v) is 4.42. The molecule has 0 radical (unpaired) electrons. The number of aliphatic carboxylic acids is 1. The van der Waals surface area contributed by atoms with E-state index in [1.165, 1.54) is 11.1 Å². The van der Waals surface area contributed by atoms with E-state index in [-0.39, 0.29) is 5.41 Å². The molecule has 4 rings (SSSR count). The second-order valence-electron chi connectivity index (χ2n) is 9.43. The zero-order valence-electron chi connectivity index (χ0n) is 17.6. The average molecular weight is 395 g/mol. The van der Waals surface area contributed by atoms with E-state index in [1.807, 2.05) is 12.1 Å². The highest BCUT2D eigenvalue weighted by molar-refractivity contribution is 5.82. The van der Waals surface area contributed by atoms with E-state index in [0.717, 1.165) is 60.5 Å². The predicted molar refractivity (Wildman–Crippen MR) is 114 cm³/mol. The minimum atomic E-state index is -0.779. The van der Waals surface area contributed by atoms with Gasteiger partial charge in [-0.05, 0) is 89.6 Å². The monoisotopic (exact) mass is 394 g/mol. The van der Waals surface area contributed by atoms with Crippen LogP contribution in [0.4, 0.5) is 0 Å². The van der Waals surface area contributed by atoms with Gasteiger partial charge in [0.15, 0.2) is 0 Å². The molecule has 2 aliphatic rings. The van der Waals surface area contributed by atoms with Gasteiger partial charge >= 0.3 is 5.97 Å². The van der Waals surface area contributed by atoms with Crippen LogP contribution in [0.5, 0.6) is 11.5 Å². The number of fused-ring (bicyclic) bond motifs is 2. The summed E-state index contributed by atoms with van der Waals surface area (Å²) in [6, 6.07) is 10.4. The first kappa shape index (κ1) is 19.8. The Kier molecular flexibility index (Phi) is 5.28. The summed E-state index contributed by atoms with van der Waals surface area (Å²) in [5.41, 5.74) is 5.21. The summed E-state index contributed by atoms with van der Waals surface area (Å²) in [5.74, 6) is 0.440. The van der Waals surface area contributed by atoms with Crippen molar-refractivity contribution in [3.63, 3.8) is 0 Å². The summed E-state index contributed by atoms with van der Waals surface area (Å²) < 4.78 is 11.7. The molecule has 0 spiro atoms. The standard InChI is InChI=1S/C25H30O4/c1-25(2,3)15-21(24(26)27)20-14-23-18(7-5-11-29-23)13-19(20)16-8-9-22-17(12-16)6-4-10-28-22/h8-9,12-14,21H,4-7,10-11,15H2,1-3H3,(H,26,27). The first-order valence-corrected chi connectivity index (χ1v) is 10.6. The van der Waals surface area contributed by atoms with Crippen molar-refractivity contribution in [1.82, 2.24) is 0 Å². The third-order valence-corrected chi connectivity index (χ3v) is 5.79. The van der Waals surface area contributed by atoms with Crippen LogP contribution in [0.1, 0.15) is 62.6 Å². The first-order chi connectivity index (χ1) is 13.8. The summed E-state index contributed by atoms with van der Waals surface area (Å²) >= 11 is 0. The van der Waals surface area contributed by atoms with E-state index >= 15 is 0 Å². The lowest BCUT2D eigenvalue weighted by atomic mass is 9.78. The first-order valence-electron chi connectivity index (χ1n) is 10.6. The fraction of sp³-hybridized carbons (Fsp3) is 0.480. The van der Waals surface area contributed by atoms with Gasteiger partial charge in [-0.3, -0.25) is 4.79 Å². The van der Waals surface area contributed by atoms with Crippen LogP contribution in [0.25, 0.3) is 11.1 Å². The molecular formula is C25H30O4. The molecule has 0 saturated heterocycles. The maximum atomic E-state index is 12.3. The smallest absolute Gasteiger partial charge is 0.311 e. The van der Waals surface area contributed by atoms with Gasteiger partial charge in [-0.25, -0.2) is 0 Å². The highest BCUT2D eigenvalue weighted by atomic mass is 16.5. The van der Waals surface area contributed by atoms with Crippen molar-refractivity contribution in [3.05, 3.63) is 47.0 Å². The Bertz CT molecular complexity index is 923. The second-order valence-corrected chi connectivity index (χ2v) is 9.43. The number of benzene rings is 2. The number of hydrogen-bond donors (Lipinski definition) is 1. The van der Waals surface area contributed by atoms with Crippen molar-refractivity contribution in [1.29, 1.82) is 0 Å². The van der Waals surface area contributed by atoms with Gasteiger partial charge in [0, 0.05) is 0 Å². The quantitative estimate of drug-likeness (QED) is 0.732. The van der Waals surface area contributed by atoms with E-state index in [9.17, 15) is 9.90 Å². The molecular weight excluding hydrogens is 364 g/mol. The fourth-order valence-electron chi connectivity index (χ4n) is 4.42. The van der Waals surface area contributed by atoms with Crippen LogP contribution in [-0.4, -0.2) is 24.3 Å². The van der Waals surface area contributed by atoms with Crippen molar-refractivity contribution in [2.24, 2.45) is 5.41 Å². The molecule has 0 saturated carbocycles. The number of aryl methyl sites for hydroxylation is 2. The zero-order valence-corrected chi connectivity index (χ0v) is 17.6. The second kappa shape index (κ2) is 7.74. The molecule has 0 fully saturated rings. The molecule has 0 aromatic heterocycles. The highest BCUT2D eigenvalue weighted by Gasteiger charge is 2.30. The van der Waals surface area contributed by atoms with Crippen LogP contribution in [0.15, 0.2) is 30.3 Å². The molecule has 2 aromatic carbocycles. The minimum Gasteiger partial charge on any atom is -0.493 e. The number of carboxylic acids is 1.